The van der Waals surface area contributed by atoms with E-state index in [4.69, 9.17) is 23.7 Å². The van der Waals surface area contributed by atoms with Crippen molar-refractivity contribution in [1.29, 1.82) is 0 Å². The first-order valence-electron chi connectivity index (χ1n) is 29.2. The van der Waals surface area contributed by atoms with Crippen molar-refractivity contribution < 1.29 is 37.8 Å². The van der Waals surface area contributed by atoms with Gasteiger partial charge in [0.05, 0.1) is 68.4 Å². The van der Waals surface area contributed by atoms with Crippen LogP contribution >= 0.6 is 45.3 Å². The quantitative estimate of drug-likeness (QED) is 0.0354. The van der Waals surface area contributed by atoms with Crippen LogP contribution in [0.1, 0.15) is 38.0 Å². The van der Waals surface area contributed by atoms with Gasteiger partial charge in [0.2, 0.25) is 5.91 Å². The van der Waals surface area contributed by atoms with Crippen LogP contribution in [0.5, 0.6) is 28.7 Å². The monoisotopic (exact) mass is 1350 g/mol. The fraction of sp³-hybridized carbons (Fsp3) is 0.153. The van der Waals surface area contributed by atoms with Crippen molar-refractivity contribution in [2.75, 3.05) is 61.6 Å². The third-order valence-electron chi connectivity index (χ3n) is 13.8. The molecule has 0 saturated heterocycles. The largest absolute Gasteiger partial charge is 0.493 e. The number of ether oxygens (including phenoxy) is 5. The van der Waals surface area contributed by atoms with Crippen LogP contribution in [-0.2, 0) is 4.79 Å². The van der Waals surface area contributed by atoms with E-state index >= 15 is 0 Å². The Morgan fingerprint density at radius 1 is 0.474 bits per heavy atom. The van der Waals surface area contributed by atoms with E-state index in [1.54, 1.807) is 59.6 Å². The van der Waals surface area contributed by atoms with Crippen LogP contribution in [0.4, 0.5) is 59.0 Å². The number of hydrogen-bond donors (Lipinski definition) is 5. The van der Waals surface area contributed by atoms with Gasteiger partial charge in [-0.2, -0.15) is 0 Å². The number of aromatic nitrogens is 4. The van der Waals surface area contributed by atoms with Crippen LogP contribution in [0.15, 0.2) is 197 Å². The summed E-state index contributed by atoms with van der Waals surface area (Å²) in [6, 6.07) is 54.4. The highest BCUT2D eigenvalue weighted by atomic mass is 32.1. The molecule has 488 valence electrons. The summed E-state index contributed by atoms with van der Waals surface area (Å²) in [5.74, 6) is 3.22. The van der Waals surface area contributed by atoms with E-state index in [0.717, 1.165) is 105 Å². The van der Waals surface area contributed by atoms with Gasteiger partial charge in [-0.05, 0) is 136 Å². The summed E-state index contributed by atoms with van der Waals surface area (Å²) in [6.07, 6.45) is 0. The second kappa shape index (κ2) is 34.3. The number of anilines is 9. The molecule has 0 aliphatic heterocycles. The summed E-state index contributed by atoms with van der Waals surface area (Å²) >= 11 is 6.06. The lowest BCUT2D eigenvalue weighted by Crippen LogP contribution is -2.05. The standard InChI is InChI=1S/C19H19N3O3S.C19H20N2O3S.C17H15N3O2S.C16H13FN2S.CH4/c1-12(23)20-14-5-7-15(8-6-14)21-19-22-16(11-26-19)13-4-9-17(24-2)18(10-13)25-3;1-4-24-16-8-6-5-7-14(16)20-19-21-15(12-25-19)13-9-10-17(22-2)18(11-13)23-3;1-11-5-3-4-6-14(11)18-17-19-15(10-23-17)13-8-7-12(2)16(9-13)20(21)22;1-11-2-4-12(5-3-11)15-10-20-16(19-15)18-14-8-6-13(17)7-9-14;/h4-11H,1-3H3,(H,20,23)(H,21,22);5-12H,4H2,1-3H3,(H,20,21);3-10H,1-2H3,(H,18,19);2-10H,1H3,(H,18,19);1H4. The van der Waals surface area contributed by atoms with Crippen LogP contribution in [0.3, 0.4) is 0 Å². The minimum atomic E-state index is -0.363. The molecular formula is C72H71FN10O8S4. The van der Waals surface area contributed by atoms with Crippen molar-refractivity contribution in [1.82, 2.24) is 19.9 Å². The molecule has 1 amide bonds. The predicted molar refractivity (Wildman–Crippen MR) is 388 cm³/mol. The Bertz CT molecular complexity index is 4460. The smallest absolute Gasteiger partial charge is 0.272 e. The van der Waals surface area contributed by atoms with Crippen molar-refractivity contribution in [2.24, 2.45) is 0 Å². The van der Waals surface area contributed by atoms with Gasteiger partial charge in [0, 0.05) is 85.1 Å². The Hall–Kier alpha value is -10.7. The highest BCUT2D eigenvalue weighted by molar-refractivity contribution is 7.15. The van der Waals surface area contributed by atoms with Crippen molar-refractivity contribution >= 4 is 106 Å². The first kappa shape index (κ1) is 70.2. The van der Waals surface area contributed by atoms with Gasteiger partial charge in [0.25, 0.3) is 5.69 Å². The van der Waals surface area contributed by atoms with Gasteiger partial charge >= 0.3 is 0 Å². The number of thiazole rings is 4. The van der Waals surface area contributed by atoms with Gasteiger partial charge in [-0.15, -0.1) is 45.3 Å². The molecule has 0 spiro atoms. The number of nitrogens with one attached hydrogen (secondary N) is 5. The SMILES string of the molecule is C.CCOc1ccccc1Nc1nc(-c2ccc(OC)c(OC)c2)cs1.COc1ccc(-c2csc(Nc3ccc(NC(C)=O)cc3)n2)cc1OC.Cc1ccc(-c2csc(Nc3ccc(F)cc3)n2)cc1.Cc1ccccc1Nc1nc(-c2ccc(C)c([N+](=O)[O-])c2)cs1. The second-order valence-electron chi connectivity index (χ2n) is 20.4. The van der Waals surface area contributed by atoms with Crippen LogP contribution < -0.4 is 50.3 Å². The second-order valence-corrected chi connectivity index (χ2v) is 23.9. The van der Waals surface area contributed by atoms with Crippen molar-refractivity contribution in [3.05, 3.63) is 230 Å². The molecule has 4 aromatic heterocycles. The molecule has 12 aromatic rings. The lowest BCUT2D eigenvalue weighted by Gasteiger charge is -2.10. The van der Waals surface area contributed by atoms with Crippen LogP contribution in [-0.4, -0.2) is 65.8 Å². The number of nitro benzene ring substituents is 1. The zero-order valence-electron chi connectivity index (χ0n) is 52.8. The average molecular weight is 1350 g/mol. The molecule has 0 aliphatic rings. The molecule has 4 heterocycles. The molecule has 0 aliphatic carbocycles. The van der Waals surface area contributed by atoms with Gasteiger partial charge in [-0.3, -0.25) is 14.9 Å². The van der Waals surface area contributed by atoms with E-state index < -0.39 is 0 Å². The number of nitrogens with zero attached hydrogens (tertiary/aromatic N) is 5. The maximum atomic E-state index is 12.8. The van der Waals surface area contributed by atoms with Crippen LogP contribution in [0, 0.1) is 36.7 Å². The summed E-state index contributed by atoms with van der Waals surface area (Å²) in [4.78, 5) is 40.1. The first-order valence-corrected chi connectivity index (χ1v) is 32.7. The third-order valence-corrected chi connectivity index (χ3v) is 16.8. The molecular weight excluding hydrogens is 1280 g/mol. The van der Waals surface area contributed by atoms with Crippen LogP contribution in [0.25, 0.3) is 45.0 Å². The molecule has 95 heavy (non-hydrogen) atoms. The van der Waals surface area contributed by atoms with E-state index in [9.17, 15) is 19.3 Å². The van der Waals surface area contributed by atoms with Gasteiger partial charge in [0.15, 0.2) is 43.5 Å². The summed E-state index contributed by atoms with van der Waals surface area (Å²) in [5.41, 5.74) is 14.7. The summed E-state index contributed by atoms with van der Waals surface area (Å²) in [7, 11) is 6.47. The summed E-state index contributed by atoms with van der Waals surface area (Å²) in [5, 5.41) is 37.9. The van der Waals surface area contributed by atoms with E-state index in [0.29, 0.717) is 35.2 Å². The molecule has 0 radical (unpaired) electrons. The van der Waals surface area contributed by atoms with Gasteiger partial charge < -0.3 is 50.3 Å². The number of hydrogen-bond acceptors (Lipinski definition) is 20. The summed E-state index contributed by atoms with van der Waals surface area (Å²) < 4.78 is 39.7. The highest BCUT2D eigenvalue weighted by Crippen LogP contribution is 2.38. The predicted octanol–water partition coefficient (Wildman–Crippen LogP) is 20.2. The molecule has 0 bridgehead atoms. The number of aryl methyl sites for hydroxylation is 3. The Balaban J connectivity index is 0.000000162. The fourth-order valence-corrected chi connectivity index (χ4v) is 11.9. The first-order chi connectivity index (χ1) is 45.6. The molecule has 12 rings (SSSR count). The number of halogens is 1. The number of para-hydroxylation sites is 3. The number of methoxy groups -OCH3 is 4. The van der Waals surface area contributed by atoms with E-state index in [2.05, 4.69) is 77.7 Å². The Morgan fingerprint density at radius 2 is 0.884 bits per heavy atom. The molecule has 5 N–H and O–H groups in total. The van der Waals surface area contributed by atoms with Crippen molar-refractivity contribution in [3.63, 3.8) is 0 Å². The number of nitro groups is 1. The number of carbonyl (C=O) groups excluding carboxylic acids is 1. The topological polar surface area (TPSA) is 218 Å². The number of carbonyl (C=O) groups is 1. The molecule has 0 fully saturated rings. The zero-order valence-corrected chi connectivity index (χ0v) is 56.0. The van der Waals surface area contributed by atoms with Gasteiger partial charge in [0.1, 0.15) is 11.6 Å². The number of rotatable bonds is 20. The van der Waals surface area contributed by atoms with Crippen molar-refractivity contribution in [3.8, 4) is 73.8 Å². The normalized spacial score (nSPS) is 10.3. The fourth-order valence-electron chi connectivity index (χ4n) is 8.95. The maximum Gasteiger partial charge on any atom is 0.272 e. The molecule has 0 saturated carbocycles. The highest BCUT2D eigenvalue weighted by Gasteiger charge is 2.16. The molecule has 0 unspecified atom stereocenters. The van der Waals surface area contributed by atoms with Gasteiger partial charge in [-0.1, -0.05) is 79.7 Å². The van der Waals surface area contributed by atoms with E-state index in [1.165, 1.54) is 70.0 Å². The number of amides is 1. The van der Waals surface area contributed by atoms with E-state index in [1.807, 2.05) is 151 Å². The van der Waals surface area contributed by atoms with Gasteiger partial charge in [-0.25, -0.2) is 24.3 Å². The molecule has 18 nitrogen and oxygen atoms in total. The number of benzene rings is 8. The third kappa shape index (κ3) is 19.7. The minimum absolute atomic E-state index is 0. The van der Waals surface area contributed by atoms with Crippen LogP contribution in [0.2, 0.25) is 0 Å². The average Bonchev–Trinajstić information content (AvgIpc) is 1.83. The lowest BCUT2D eigenvalue weighted by molar-refractivity contribution is -0.385. The summed E-state index contributed by atoms with van der Waals surface area (Å²) in [6.45, 7) is 9.89. The Kier molecular flexibility index (Phi) is 25.3. The molecule has 0 atom stereocenters. The minimum Gasteiger partial charge on any atom is -0.493 e. The Labute approximate surface area is 567 Å². The molecule has 23 heteroatoms. The zero-order chi connectivity index (χ0) is 66.5. The maximum absolute atomic E-state index is 12.8. The van der Waals surface area contributed by atoms with E-state index in [-0.39, 0.29) is 29.8 Å². The lowest BCUT2D eigenvalue weighted by atomic mass is 10.1. The Morgan fingerprint density at radius 3 is 1.36 bits per heavy atom. The van der Waals surface area contributed by atoms with Crippen molar-refractivity contribution in [2.45, 2.75) is 42.0 Å². The molecule has 8 aromatic carbocycles.